The molecule has 2 saturated carbocycles. The molecule has 1 atom stereocenters. The maximum Gasteiger partial charge on any atom is -0.0297 e. The second-order valence-corrected chi connectivity index (χ2v) is 5.77. The van der Waals surface area contributed by atoms with Crippen LogP contribution in [-0.2, 0) is 0 Å². The minimum Gasteiger partial charge on any atom is -0.0683 e. The van der Waals surface area contributed by atoms with E-state index in [-0.39, 0.29) is 0 Å². The molecule has 2 aliphatic rings. The number of rotatable bonds is 1. The summed E-state index contributed by atoms with van der Waals surface area (Å²) in [5.74, 6) is 1.07. The Bertz CT molecular complexity index is 165. The van der Waals surface area contributed by atoms with Crippen LogP contribution >= 0.6 is 0 Å². The summed E-state index contributed by atoms with van der Waals surface area (Å²) in [6.45, 7) is 6.38. The van der Waals surface area contributed by atoms with Crippen molar-refractivity contribution in [3.63, 3.8) is 0 Å². The van der Waals surface area contributed by atoms with Crippen molar-refractivity contribution >= 4 is 0 Å². The summed E-state index contributed by atoms with van der Waals surface area (Å²) in [5.41, 5.74) is 0.822. The van der Waals surface area contributed by atoms with Crippen LogP contribution in [0.4, 0.5) is 0 Å². The van der Waals surface area contributed by atoms with Crippen molar-refractivity contribution in [2.75, 3.05) is 0 Å². The summed E-state index contributed by atoms with van der Waals surface area (Å²) in [6.07, 6.45) is 16.8. The Labute approximate surface area is 103 Å². The zero-order chi connectivity index (χ0) is 11.9. The molecule has 0 bridgehead atoms. The standard InChI is InChI=1S/C14H26.C2H6/c1-2-13-7-6-11-14(12-8-13)9-4-3-5-10-14;1-2/h13H,2-12H2,1H3;1-2H3. The van der Waals surface area contributed by atoms with Crippen molar-refractivity contribution in [1.82, 2.24) is 0 Å². The Morgan fingerprint density at radius 1 is 0.812 bits per heavy atom. The topological polar surface area (TPSA) is 0 Å². The fourth-order valence-corrected chi connectivity index (χ4v) is 3.76. The van der Waals surface area contributed by atoms with Crippen molar-refractivity contribution < 1.29 is 0 Å². The number of hydrogen-bond acceptors (Lipinski definition) is 0. The van der Waals surface area contributed by atoms with Crippen molar-refractivity contribution in [2.24, 2.45) is 11.3 Å². The molecule has 0 heterocycles. The van der Waals surface area contributed by atoms with E-state index in [1.54, 1.807) is 25.7 Å². The zero-order valence-electron chi connectivity index (χ0n) is 11.9. The SMILES string of the molecule is CC.CCC1CCCC2(CCCCC2)CC1. The van der Waals surface area contributed by atoms with E-state index in [2.05, 4.69) is 6.92 Å². The molecular weight excluding hydrogens is 192 g/mol. The first kappa shape index (κ1) is 14.1. The maximum absolute atomic E-state index is 2.38. The van der Waals surface area contributed by atoms with Gasteiger partial charge in [-0.2, -0.15) is 0 Å². The van der Waals surface area contributed by atoms with Crippen LogP contribution < -0.4 is 0 Å². The lowest BCUT2D eigenvalue weighted by Gasteiger charge is -2.36. The van der Waals surface area contributed by atoms with Crippen molar-refractivity contribution in [1.29, 1.82) is 0 Å². The van der Waals surface area contributed by atoms with Gasteiger partial charge in [-0.15, -0.1) is 0 Å². The Morgan fingerprint density at radius 3 is 2.06 bits per heavy atom. The fraction of sp³-hybridized carbons (Fsp3) is 1.00. The second kappa shape index (κ2) is 7.35. The molecule has 0 heteroatoms. The highest BCUT2D eigenvalue weighted by Gasteiger charge is 2.33. The molecule has 96 valence electrons. The van der Waals surface area contributed by atoms with Gasteiger partial charge in [-0.1, -0.05) is 59.3 Å². The molecule has 1 unspecified atom stereocenters. The van der Waals surface area contributed by atoms with Gasteiger partial charge in [0.25, 0.3) is 0 Å². The molecule has 0 aliphatic heterocycles. The predicted octanol–water partition coefficient (Wildman–Crippen LogP) is 5.95. The highest BCUT2D eigenvalue weighted by atomic mass is 14.4. The second-order valence-electron chi connectivity index (χ2n) is 5.77. The van der Waals surface area contributed by atoms with Gasteiger partial charge >= 0.3 is 0 Å². The normalized spacial score (nSPS) is 29.1. The van der Waals surface area contributed by atoms with E-state index in [9.17, 15) is 0 Å². The minimum atomic E-state index is 0.822. The predicted molar refractivity (Wildman–Crippen MR) is 73.7 cm³/mol. The van der Waals surface area contributed by atoms with Gasteiger partial charge in [0.2, 0.25) is 0 Å². The van der Waals surface area contributed by atoms with Gasteiger partial charge in [0, 0.05) is 0 Å². The molecule has 0 nitrogen and oxygen atoms in total. The third kappa shape index (κ3) is 3.79. The quantitative estimate of drug-likeness (QED) is 0.516. The summed E-state index contributed by atoms with van der Waals surface area (Å²) in [5, 5.41) is 0. The van der Waals surface area contributed by atoms with E-state index in [1.807, 2.05) is 13.8 Å². The van der Waals surface area contributed by atoms with Gasteiger partial charge in [0.05, 0.1) is 0 Å². The molecule has 0 aromatic heterocycles. The molecule has 0 radical (unpaired) electrons. The molecule has 0 amide bonds. The van der Waals surface area contributed by atoms with Gasteiger partial charge in [0.15, 0.2) is 0 Å². The van der Waals surface area contributed by atoms with E-state index >= 15 is 0 Å². The third-order valence-electron chi connectivity index (χ3n) is 4.89. The van der Waals surface area contributed by atoms with Gasteiger partial charge in [-0.3, -0.25) is 0 Å². The lowest BCUT2D eigenvalue weighted by Crippen LogP contribution is -2.23. The average molecular weight is 224 g/mol. The van der Waals surface area contributed by atoms with Gasteiger partial charge in [-0.05, 0) is 43.4 Å². The summed E-state index contributed by atoms with van der Waals surface area (Å²) >= 11 is 0. The zero-order valence-corrected chi connectivity index (χ0v) is 11.9. The van der Waals surface area contributed by atoms with Crippen LogP contribution in [0.15, 0.2) is 0 Å². The summed E-state index contributed by atoms with van der Waals surface area (Å²) in [7, 11) is 0. The van der Waals surface area contributed by atoms with E-state index in [0.717, 1.165) is 11.3 Å². The van der Waals surface area contributed by atoms with E-state index in [0.29, 0.717) is 0 Å². The molecule has 2 rings (SSSR count). The average Bonchev–Trinajstić information content (AvgIpc) is 2.56. The molecule has 0 aromatic carbocycles. The minimum absolute atomic E-state index is 0.822. The molecule has 2 aliphatic carbocycles. The van der Waals surface area contributed by atoms with E-state index in [4.69, 9.17) is 0 Å². The van der Waals surface area contributed by atoms with Crippen LogP contribution in [0, 0.1) is 11.3 Å². The highest BCUT2D eigenvalue weighted by Crippen LogP contribution is 2.47. The molecule has 1 spiro atoms. The van der Waals surface area contributed by atoms with Crippen molar-refractivity contribution in [2.45, 2.75) is 91.4 Å². The fourth-order valence-electron chi connectivity index (χ4n) is 3.76. The van der Waals surface area contributed by atoms with Gasteiger partial charge in [0.1, 0.15) is 0 Å². The van der Waals surface area contributed by atoms with Crippen LogP contribution in [0.5, 0.6) is 0 Å². The highest BCUT2D eigenvalue weighted by molar-refractivity contribution is 4.85. The van der Waals surface area contributed by atoms with Crippen LogP contribution in [0.2, 0.25) is 0 Å². The summed E-state index contributed by atoms with van der Waals surface area (Å²) < 4.78 is 0. The first-order valence-electron chi connectivity index (χ1n) is 7.85. The third-order valence-corrected chi connectivity index (χ3v) is 4.89. The molecule has 0 N–H and O–H groups in total. The van der Waals surface area contributed by atoms with Crippen molar-refractivity contribution in [3.05, 3.63) is 0 Å². The summed E-state index contributed by atoms with van der Waals surface area (Å²) in [4.78, 5) is 0. The molecular formula is C16H32. The first-order chi connectivity index (χ1) is 7.85. The molecule has 0 saturated heterocycles. The maximum atomic E-state index is 2.38. The molecule has 0 aromatic rings. The van der Waals surface area contributed by atoms with Gasteiger partial charge in [-0.25, -0.2) is 0 Å². The van der Waals surface area contributed by atoms with E-state index < -0.39 is 0 Å². The molecule has 16 heavy (non-hydrogen) atoms. The number of hydrogen-bond donors (Lipinski definition) is 0. The smallest absolute Gasteiger partial charge is 0.0297 e. The van der Waals surface area contributed by atoms with Crippen LogP contribution in [0.1, 0.15) is 91.4 Å². The Hall–Kier alpha value is 0. The van der Waals surface area contributed by atoms with Crippen LogP contribution in [-0.4, -0.2) is 0 Å². The monoisotopic (exact) mass is 224 g/mol. The molecule has 2 fully saturated rings. The summed E-state index contributed by atoms with van der Waals surface area (Å²) in [6, 6.07) is 0. The first-order valence-corrected chi connectivity index (χ1v) is 7.85. The van der Waals surface area contributed by atoms with Crippen LogP contribution in [0.25, 0.3) is 0 Å². The van der Waals surface area contributed by atoms with Gasteiger partial charge < -0.3 is 0 Å². The Morgan fingerprint density at radius 2 is 1.44 bits per heavy atom. The largest absolute Gasteiger partial charge is 0.0683 e. The van der Waals surface area contributed by atoms with E-state index in [1.165, 1.54) is 44.9 Å². The lowest BCUT2D eigenvalue weighted by atomic mass is 9.69. The Kier molecular flexibility index (Phi) is 6.46. The lowest BCUT2D eigenvalue weighted by molar-refractivity contribution is 0.158. The van der Waals surface area contributed by atoms with Crippen molar-refractivity contribution in [3.8, 4) is 0 Å². The van der Waals surface area contributed by atoms with Crippen LogP contribution in [0.3, 0.4) is 0 Å². The Balaban J connectivity index is 0.000000606.